The van der Waals surface area contributed by atoms with Crippen molar-refractivity contribution in [2.75, 3.05) is 12.4 Å². The number of benzene rings is 3. The van der Waals surface area contributed by atoms with Crippen LogP contribution in [0.2, 0.25) is 10.0 Å². The van der Waals surface area contributed by atoms with Gasteiger partial charge >= 0.3 is 0 Å². The van der Waals surface area contributed by atoms with Crippen molar-refractivity contribution in [2.45, 2.75) is 37.1 Å². The van der Waals surface area contributed by atoms with Crippen LogP contribution in [0.15, 0.2) is 59.1 Å². The van der Waals surface area contributed by atoms with E-state index in [9.17, 15) is 14.9 Å². The molecule has 1 amide bonds. The molecule has 192 valence electrons. The van der Waals surface area contributed by atoms with Gasteiger partial charge in [-0.05, 0) is 64.3 Å². The van der Waals surface area contributed by atoms with Crippen LogP contribution in [0.25, 0.3) is 0 Å². The van der Waals surface area contributed by atoms with Gasteiger partial charge in [-0.25, -0.2) is 0 Å². The summed E-state index contributed by atoms with van der Waals surface area (Å²) in [6.07, 6.45) is 0. The van der Waals surface area contributed by atoms with Gasteiger partial charge in [0.25, 0.3) is 11.9 Å². The number of ether oxygens (including phenoxy) is 2. The van der Waals surface area contributed by atoms with Gasteiger partial charge in [-0.2, -0.15) is 0 Å². The van der Waals surface area contributed by atoms with Crippen molar-refractivity contribution in [3.63, 3.8) is 0 Å². The summed E-state index contributed by atoms with van der Waals surface area (Å²) in [5.74, 6) is -0.234. The highest BCUT2D eigenvalue weighted by atomic mass is 79.9. The van der Waals surface area contributed by atoms with Crippen LogP contribution in [0, 0.1) is 10.1 Å². The minimum absolute atomic E-state index is 0.199. The fourth-order valence-electron chi connectivity index (χ4n) is 5.41. The van der Waals surface area contributed by atoms with Gasteiger partial charge in [0.05, 0.1) is 27.5 Å². The Morgan fingerprint density at radius 2 is 1.89 bits per heavy atom. The van der Waals surface area contributed by atoms with E-state index in [0.29, 0.717) is 42.8 Å². The molecule has 0 unspecified atom stereocenters. The Morgan fingerprint density at radius 1 is 1.14 bits per heavy atom. The molecular formula is C26H22BrCl2N3O5. The molecule has 0 aliphatic carbocycles. The smallest absolute Gasteiger partial charge is 0.256 e. The number of fused-ring (bicyclic) bond motifs is 2. The predicted molar refractivity (Wildman–Crippen MR) is 144 cm³/mol. The van der Waals surface area contributed by atoms with Crippen molar-refractivity contribution in [3.8, 4) is 11.5 Å². The van der Waals surface area contributed by atoms with Crippen LogP contribution in [0.5, 0.6) is 11.5 Å². The van der Waals surface area contributed by atoms with Crippen molar-refractivity contribution in [1.82, 2.24) is 5.32 Å². The molecule has 1 fully saturated rings. The monoisotopic (exact) mass is 605 g/mol. The third-order valence-corrected chi connectivity index (χ3v) is 8.30. The quantitative estimate of drug-likeness (QED) is 0.267. The van der Waals surface area contributed by atoms with E-state index in [1.807, 2.05) is 6.92 Å². The molecule has 0 radical (unpaired) electrons. The summed E-state index contributed by atoms with van der Waals surface area (Å²) in [5, 5.41) is 19.5. The molecule has 37 heavy (non-hydrogen) atoms. The summed E-state index contributed by atoms with van der Waals surface area (Å²) in [5.41, 5.74) is 1.10. The minimum atomic E-state index is -1.49. The third-order valence-electron chi connectivity index (χ3n) is 6.97. The van der Waals surface area contributed by atoms with Gasteiger partial charge in [-0.3, -0.25) is 20.2 Å². The van der Waals surface area contributed by atoms with Gasteiger partial charge < -0.3 is 14.8 Å². The highest BCUT2D eigenvalue weighted by Crippen LogP contribution is 2.51. The number of hydrogen-bond acceptors (Lipinski definition) is 6. The average Bonchev–Trinajstić information content (AvgIpc) is 3.33. The molecule has 5 rings (SSSR count). The van der Waals surface area contributed by atoms with E-state index in [4.69, 9.17) is 32.7 Å². The van der Waals surface area contributed by atoms with E-state index < -0.39 is 29.4 Å². The van der Waals surface area contributed by atoms with Gasteiger partial charge in [0.1, 0.15) is 6.61 Å². The lowest BCUT2D eigenvalue weighted by Crippen LogP contribution is -2.54. The molecule has 2 aliphatic rings. The number of hydrogen-bond donors (Lipinski definition) is 2. The van der Waals surface area contributed by atoms with E-state index in [-0.39, 0.29) is 11.5 Å². The summed E-state index contributed by atoms with van der Waals surface area (Å²) in [7, 11) is 1.50. The number of rotatable bonds is 6. The number of para-hydroxylation sites is 1. The number of halogens is 3. The van der Waals surface area contributed by atoms with Gasteiger partial charge in [0.2, 0.25) is 0 Å². The second-order valence-electron chi connectivity index (χ2n) is 9.07. The molecule has 0 aromatic heterocycles. The van der Waals surface area contributed by atoms with Crippen LogP contribution >= 0.6 is 39.1 Å². The fourth-order valence-corrected chi connectivity index (χ4v) is 6.31. The van der Waals surface area contributed by atoms with Crippen molar-refractivity contribution in [2.24, 2.45) is 0 Å². The Balaban J connectivity index is 1.52. The van der Waals surface area contributed by atoms with Crippen LogP contribution in [0.3, 0.4) is 0 Å². The van der Waals surface area contributed by atoms with E-state index in [0.717, 1.165) is 5.56 Å². The molecule has 1 saturated heterocycles. The molecule has 0 bridgehead atoms. The number of amides is 1. The zero-order valence-electron chi connectivity index (χ0n) is 19.8. The summed E-state index contributed by atoms with van der Waals surface area (Å²) in [6, 6.07) is 14.1. The van der Waals surface area contributed by atoms with E-state index in [1.54, 1.807) is 54.6 Å². The third kappa shape index (κ3) is 4.24. The summed E-state index contributed by atoms with van der Waals surface area (Å²) < 4.78 is 12.2. The molecule has 2 heterocycles. The number of carbonyl (C=O) groups excluding carboxylic acids is 1. The van der Waals surface area contributed by atoms with Crippen LogP contribution in [-0.2, 0) is 16.9 Å². The van der Waals surface area contributed by atoms with Crippen molar-refractivity contribution < 1.29 is 19.2 Å². The molecule has 3 aromatic carbocycles. The molecular weight excluding hydrogens is 585 g/mol. The number of nitrogens with one attached hydrogen (secondary N) is 2. The number of anilines is 1. The number of nitro groups is 1. The van der Waals surface area contributed by atoms with Gasteiger partial charge in [0.15, 0.2) is 17.0 Å². The van der Waals surface area contributed by atoms with Crippen molar-refractivity contribution >= 4 is 50.7 Å². The number of methoxy groups -OCH3 is 1. The summed E-state index contributed by atoms with van der Waals surface area (Å²) in [6.45, 7) is 2.05. The molecule has 8 nitrogen and oxygen atoms in total. The van der Waals surface area contributed by atoms with E-state index in [2.05, 4.69) is 26.6 Å². The van der Waals surface area contributed by atoms with Crippen molar-refractivity contribution in [1.29, 1.82) is 0 Å². The highest BCUT2D eigenvalue weighted by molar-refractivity contribution is 9.10. The number of nitrogens with zero attached hydrogens (tertiary/aromatic N) is 1. The van der Waals surface area contributed by atoms with Gasteiger partial charge in [-0.15, -0.1) is 0 Å². The first-order chi connectivity index (χ1) is 17.7. The maximum atomic E-state index is 13.3. The van der Waals surface area contributed by atoms with Crippen LogP contribution in [0.1, 0.15) is 29.5 Å². The van der Waals surface area contributed by atoms with E-state index in [1.165, 1.54) is 7.11 Å². The zero-order valence-corrected chi connectivity index (χ0v) is 22.9. The summed E-state index contributed by atoms with van der Waals surface area (Å²) in [4.78, 5) is 25.5. The largest absolute Gasteiger partial charge is 0.493 e. The standard InChI is InChI=1S/C26H22BrCl2N3O5/c1-13-22(24(32(34)35)26(31-13)16-5-3-4-6-20(16)30-25(26)33)15-10-17(27)23(21(11-15)36-2)37-12-14-7-8-18(28)19(29)9-14/h3-11,13,22,24,31H,12H2,1-2H3,(H,30,33)/t13-,22-,24-,26+/m0/s1. The average molecular weight is 607 g/mol. The fraction of sp³-hybridized carbons (Fsp3) is 0.269. The molecule has 0 saturated carbocycles. The summed E-state index contributed by atoms with van der Waals surface area (Å²) >= 11 is 15.7. The Morgan fingerprint density at radius 3 is 2.59 bits per heavy atom. The van der Waals surface area contributed by atoms with Crippen molar-refractivity contribution in [3.05, 3.63) is 95.9 Å². The molecule has 3 aromatic rings. The Labute approximate surface area is 231 Å². The highest BCUT2D eigenvalue weighted by Gasteiger charge is 2.67. The Kier molecular flexibility index (Phi) is 6.83. The van der Waals surface area contributed by atoms with Crippen LogP contribution in [0.4, 0.5) is 5.69 Å². The first-order valence-corrected chi connectivity index (χ1v) is 13.0. The maximum Gasteiger partial charge on any atom is 0.256 e. The molecule has 1 spiro atoms. The second kappa shape index (κ2) is 9.79. The van der Waals surface area contributed by atoms with Gasteiger partial charge in [0, 0.05) is 22.2 Å². The van der Waals surface area contributed by atoms with E-state index >= 15 is 0 Å². The topological polar surface area (TPSA) is 103 Å². The normalized spacial score (nSPS) is 24.1. The number of carbonyl (C=O) groups is 1. The SMILES string of the molecule is COc1cc([C@@H]2[C@H](C)N[C@@]3(C(=O)Nc4ccccc43)[C@H]2[N+](=O)[O-])cc(Br)c1OCc1ccc(Cl)c(Cl)c1. The lowest BCUT2D eigenvalue weighted by atomic mass is 9.78. The first kappa shape index (κ1) is 25.8. The molecule has 4 atom stereocenters. The van der Waals surface area contributed by atoms with Crippen LogP contribution < -0.4 is 20.1 Å². The predicted octanol–water partition coefficient (Wildman–Crippen LogP) is 5.91. The lowest BCUT2D eigenvalue weighted by molar-refractivity contribution is -0.532. The van der Waals surface area contributed by atoms with Gasteiger partial charge in [-0.1, -0.05) is 47.5 Å². The molecule has 2 aliphatic heterocycles. The molecule has 11 heteroatoms. The minimum Gasteiger partial charge on any atom is -0.493 e. The second-order valence-corrected chi connectivity index (χ2v) is 10.7. The lowest BCUT2D eigenvalue weighted by Gasteiger charge is -2.25. The Bertz CT molecular complexity index is 1420. The molecule has 2 N–H and O–H groups in total. The zero-order chi connectivity index (χ0) is 26.5. The first-order valence-electron chi connectivity index (χ1n) is 11.4. The Hall–Kier alpha value is -2.85. The van der Waals surface area contributed by atoms with Crippen LogP contribution in [-0.4, -0.2) is 30.0 Å². The maximum absolute atomic E-state index is 13.3.